The van der Waals surface area contributed by atoms with E-state index in [1.165, 1.54) is 0 Å². The van der Waals surface area contributed by atoms with Crippen LogP contribution in [0.15, 0.2) is 109 Å². The average Bonchev–Trinajstić information content (AvgIpc) is 2.91. The topological polar surface area (TPSA) is 58.9 Å². The molecule has 174 valence electrons. The van der Waals surface area contributed by atoms with Crippen molar-refractivity contribution in [2.75, 3.05) is 13.2 Å². The lowest BCUT2D eigenvalue weighted by Gasteiger charge is -2.13. The van der Waals surface area contributed by atoms with Crippen LogP contribution in [0.25, 0.3) is 0 Å². The summed E-state index contributed by atoms with van der Waals surface area (Å²) in [5.74, 6) is 1.58. The van der Waals surface area contributed by atoms with Gasteiger partial charge in [0.2, 0.25) is 0 Å². The van der Waals surface area contributed by atoms with Crippen LogP contribution in [0.2, 0.25) is 0 Å². The van der Waals surface area contributed by atoms with Crippen LogP contribution in [0, 0.1) is 0 Å². The van der Waals surface area contributed by atoms with Crippen molar-refractivity contribution < 1.29 is 19.7 Å². The van der Waals surface area contributed by atoms with Gasteiger partial charge in [-0.05, 0) is 59.4 Å². The molecule has 0 heterocycles. The third-order valence-electron chi connectivity index (χ3n) is 5.70. The van der Waals surface area contributed by atoms with Crippen LogP contribution in [0.5, 0.6) is 11.5 Å². The highest BCUT2D eigenvalue weighted by atomic mass is 16.5. The Morgan fingerprint density at radius 1 is 0.441 bits per heavy atom. The van der Waals surface area contributed by atoms with Crippen molar-refractivity contribution in [3.8, 4) is 11.5 Å². The van der Waals surface area contributed by atoms with E-state index in [2.05, 4.69) is 0 Å². The van der Waals surface area contributed by atoms with Crippen molar-refractivity contribution in [2.24, 2.45) is 0 Å². The second-order valence-corrected chi connectivity index (χ2v) is 8.17. The van der Waals surface area contributed by atoms with Crippen molar-refractivity contribution in [1.82, 2.24) is 0 Å². The molecule has 34 heavy (non-hydrogen) atoms. The van der Waals surface area contributed by atoms with Crippen LogP contribution >= 0.6 is 0 Å². The van der Waals surface area contributed by atoms with Gasteiger partial charge >= 0.3 is 0 Å². The van der Waals surface area contributed by atoms with E-state index < -0.39 is 12.2 Å². The second kappa shape index (κ2) is 12.0. The van der Waals surface area contributed by atoms with Crippen LogP contribution in [0.1, 0.15) is 47.3 Å². The standard InChI is InChI=1S/C30H30O4/c31-29(23-9-3-1-4-10-23)25-13-17-27(18-14-25)33-21-7-8-22-34-28-19-15-26(16-20-28)30(32)24-11-5-2-6-12-24/h1-6,9-20,29-32H,7-8,21-22H2. The highest BCUT2D eigenvalue weighted by Gasteiger charge is 2.10. The first kappa shape index (κ1) is 23.6. The summed E-state index contributed by atoms with van der Waals surface area (Å²) in [6, 6.07) is 34.4. The van der Waals surface area contributed by atoms with E-state index in [1.54, 1.807) is 0 Å². The zero-order chi connectivity index (χ0) is 23.6. The molecule has 2 N–H and O–H groups in total. The zero-order valence-corrected chi connectivity index (χ0v) is 19.1. The molecular weight excluding hydrogens is 424 g/mol. The molecule has 0 aliphatic carbocycles. The Morgan fingerprint density at radius 2 is 0.765 bits per heavy atom. The maximum atomic E-state index is 10.5. The fourth-order valence-corrected chi connectivity index (χ4v) is 3.73. The van der Waals surface area contributed by atoms with Crippen LogP contribution in [0.3, 0.4) is 0 Å². The fraction of sp³-hybridized carbons (Fsp3) is 0.200. The normalized spacial score (nSPS) is 12.6. The summed E-state index contributed by atoms with van der Waals surface area (Å²) in [5, 5.41) is 21.0. The maximum absolute atomic E-state index is 10.5. The minimum atomic E-state index is -0.636. The third-order valence-corrected chi connectivity index (χ3v) is 5.70. The molecule has 0 fully saturated rings. The predicted octanol–water partition coefficient (Wildman–Crippen LogP) is 6.09. The highest BCUT2D eigenvalue weighted by Crippen LogP contribution is 2.25. The fourth-order valence-electron chi connectivity index (χ4n) is 3.73. The molecule has 0 aliphatic heterocycles. The quantitative estimate of drug-likeness (QED) is 0.269. The van der Waals surface area contributed by atoms with Gasteiger partial charge in [-0.2, -0.15) is 0 Å². The number of hydrogen-bond donors (Lipinski definition) is 2. The SMILES string of the molecule is OC(c1ccccc1)c1ccc(OCCCCOc2ccc(C(O)c3ccccc3)cc2)cc1. The second-order valence-electron chi connectivity index (χ2n) is 8.17. The number of rotatable bonds is 11. The van der Waals surface area contributed by atoms with Gasteiger partial charge in [0, 0.05) is 0 Å². The molecule has 0 radical (unpaired) electrons. The molecule has 0 aliphatic rings. The number of unbranched alkanes of at least 4 members (excludes halogenated alkanes) is 1. The number of ether oxygens (including phenoxy) is 2. The Bertz CT molecular complexity index is 1020. The summed E-state index contributed by atoms with van der Waals surface area (Å²) in [6.07, 6.45) is 0.476. The molecule has 0 saturated heterocycles. The monoisotopic (exact) mass is 454 g/mol. The van der Waals surface area contributed by atoms with Gasteiger partial charge in [-0.15, -0.1) is 0 Å². The van der Waals surface area contributed by atoms with E-state index in [-0.39, 0.29) is 0 Å². The molecule has 2 unspecified atom stereocenters. The maximum Gasteiger partial charge on any atom is 0.119 e. The lowest BCUT2D eigenvalue weighted by atomic mass is 10.0. The molecule has 4 nitrogen and oxygen atoms in total. The summed E-state index contributed by atoms with van der Waals surface area (Å²) >= 11 is 0. The van der Waals surface area contributed by atoms with E-state index in [1.807, 2.05) is 109 Å². The molecule has 2 atom stereocenters. The van der Waals surface area contributed by atoms with Crippen molar-refractivity contribution in [1.29, 1.82) is 0 Å². The van der Waals surface area contributed by atoms with Crippen LogP contribution in [0.4, 0.5) is 0 Å². The number of benzene rings is 4. The lowest BCUT2D eigenvalue weighted by molar-refractivity contribution is 0.219. The van der Waals surface area contributed by atoms with Gasteiger partial charge in [0.25, 0.3) is 0 Å². The summed E-state index contributed by atoms with van der Waals surface area (Å²) in [6.45, 7) is 1.21. The molecule has 4 aromatic carbocycles. The minimum absolute atomic E-state index is 0.603. The predicted molar refractivity (Wildman–Crippen MR) is 134 cm³/mol. The molecule has 4 aromatic rings. The Kier molecular flexibility index (Phi) is 8.33. The first-order valence-electron chi connectivity index (χ1n) is 11.6. The smallest absolute Gasteiger partial charge is 0.119 e. The van der Waals surface area contributed by atoms with Gasteiger partial charge in [-0.1, -0.05) is 84.9 Å². The van der Waals surface area contributed by atoms with Gasteiger partial charge in [0.05, 0.1) is 13.2 Å². The largest absolute Gasteiger partial charge is 0.494 e. The third kappa shape index (κ3) is 6.47. The summed E-state index contributed by atoms with van der Waals surface area (Å²) in [4.78, 5) is 0. The number of aliphatic hydroxyl groups excluding tert-OH is 2. The van der Waals surface area contributed by atoms with Crippen molar-refractivity contribution >= 4 is 0 Å². The van der Waals surface area contributed by atoms with Crippen LogP contribution in [-0.4, -0.2) is 23.4 Å². The first-order valence-corrected chi connectivity index (χ1v) is 11.6. The number of hydrogen-bond acceptors (Lipinski definition) is 4. The minimum Gasteiger partial charge on any atom is -0.494 e. The van der Waals surface area contributed by atoms with E-state index in [4.69, 9.17) is 9.47 Å². The van der Waals surface area contributed by atoms with Gasteiger partial charge in [0.15, 0.2) is 0 Å². The highest BCUT2D eigenvalue weighted by molar-refractivity contribution is 5.35. The molecule has 4 rings (SSSR count). The lowest BCUT2D eigenvalue weighted by Crippen LogP contribution is -2.03. The van der Waals surface area contributed by atoms with Crippen molar-refractivity contribution in [2.45, 2.75) is 25.0 Å². The van der Waals surface area contributed by atoms with Crippen molar-refractivity contribution in [3.05, 3.63) is 131 Å². The van der Waals surface area contributed by atoms with Gasteiger partial charge < -0.3 is 19.7 Å². The molecule has 0 amide bonds. The Hall–Kier alpha value is -3.60. The number of aliphatic hydroxyl groups is 2. The van der Waals surface area contributed by atoms with Gasteiger partial charge in [-0.25, -0.2) is 0 Å². The Morgan fingerprint density at radius 3 is 1.12 bits per heavy atom. The Balaban J connectivity index is 1.15. The molecule has 0 aromatic heterocycles. The summed E-state index contributed by atoms with van der Waals surface area (Å²) < 4.78 is 11.6. The molecular formula is C30H30O4. The summed E-state index contributed by atoms with van der Waals surface area (Å²) in [5.41, 5.74) is 3.43. The zero-order valence-electron chi connectivity index (χ0n) is 19.1. The van der Waals surface area contributed by atoms with Crippen LogP contribution < -0.4 is 9.47 Å². The molecule has 0 spiro atoms. The average molecular weight is 455 g/mol. The Labute approximate surface area is 201 Å². The first-order chi connectivity index (χ1) is 16.7. The van der Waals surface area contributed by atoms with E-state index in [9.17, 15) is 10.2 Å². The van der Waals surface area contributed by atoms with E-state index >= 15 is 0 Å². The molecule has 4 heteroatoms. The van der Waals surface area contributed by atoms with Gasteiger partial charge in [0.1, 0.15) is 23.7 Å². The van der Waals surface area contributed by atoms with E-state index in [0.29, 0.717) is 13.2 Å². The molecule has 0 saturated carbocycles. The summed E-state index contributed by atoms with van der Waals surface area (Å²) in [7, 11) is 0. The molecule has 0 bridgehead atoms. The van der Waals surface area contributed by atoms with Crippen molar-refractivity contribution in [3.63, 3.8) is 0 Å². The van der Waals surface area contributed by atoms with E-state index in [0.717, 1.165) is 46.6 Å². The van der Waals surface area contributed by atoms with Gasteiger partial charge in [-0.3, -0.25) is 0 Å². The van der Waals surface area contributed by atoms with Crippen LogP contribution in [-0.2, 0) is 0 Å².